The van der Waals surface area contributed by atoms with Crippen LogP contribution < -0.4 is 20.5 Å². The van der Waals surface area contributed by atoms with Crippen molar-refractivity contribution in [2.24, 2.45) is 5.73 Å². The molecule has 4 aromatic rings. The number of hydrogen-bond acceptors (Lipinski definition) is 4. The summed E-state index contributed by atoms with van der Waals surface area (Å²) in [5, 5.41) is 3.68. The maximum Gasteiger partial charge on any atom is 0.255 e. The second kappa shape index (κ2) is 10.7. The van der Waals surface area contributed by atoms with Crippen molar-refractivity contribution in [1.29, 1.82) is 0 Å². The van der Waals surface area contributed by atoms with Gasteiger partial charge in [0.1, 0.15) is 5.82 Å². The molecular weight excluding hydrogens is 449 g/mol. The van der Waals surface area contributed by atoms with Gasteiger partial charge in [-0.1, -0.05) is 36.4 Å². The highest BCUT2D eigenvalue weighted by molar-refractivity contribution is 5.91. The van der Waals surface area contributed by atoms with Gasteiger partial charge in [0.25, 0.3) is 5.91 Å². The summed E-state index contributed by atoms with van der Waals surface area (Å²) in [7, 11) is 1.49. The first-order valence-electron chi connectivity index (χ1n) is 11.1. The largest absolute Gasteiger partial charge is 0.493 e. The molecular formula is C27H26FN3O4. The summed E-state index contributed by atoms with van der Waals surface area (Å²) in [6.07, 6.45) is 0.684. The lowest BCUT2D eigenvalue weighted by Crippen LogP contribution is -2.23. The van der Waals surface area contributed by atoms with E-state index in [0.29, 0.717) is 24.5 Å². The van der Waals surface area contributed by atoms with Crippen molar-refractivity contribution in [1.82, 2.24) is 10.3 Å². The number of nitrogens with two attached hydrogens (primary N) is 1. The molecule has 35 heavy (non-hydrogen) atoms. The van der Waals surface area contributed by atoms with E-state index in [4.69, 9.17) is 15.2 Å². The molecule has 4 rings (SSSR count). The van der Waals surface area contributed by atoms with Crippen molar-refractivity contribution in [2.75, 3.05) is 13.7 Å². The normalized spacial score (nSPS) is 10.8. The molecule has 0 atom stereocenters. The molecule has 7 nitrogen and oxygen atoms in total. The fraction of sp³-hybridized carbons (Fsp3) is 0.185. The number of carbonyl (C=O) groups is 2. The summed E-state index contributed by atoms with van der Waals surface area (Å²) in [6, 6.07) is 19.6. The van der Waals surface area contributed by atoms with E-state index in [2.05, 4.69) is 10.3 Å². The minimum absolute atomic E-state index is 0.136. The van der Waals surface area contributed by atoms with Crippen LogP contribution in [0.3, 0.4) is 0 Å². The number of carbonyl (C=O) groups excluding carboxylic acids is 2. The van der Waals surface area contributed by atoms with Gasteiger partial charge in [-0.2, -0.15) is 0 Å². The summed E-state index contributed by atoms with van der Waals surface area (Å²) in [6.45, 7) is 0.0362. The van der Waals surface area contributed by atoms with E-state index in [0.717, 1.165) is 33.3 Å². The van der Waals surface area contributed by atoms with Crippen LogP contribution in [0.15, 0.2) is 66.7 Å². The Hall–Kier alpha value is -4.33. The molecule has 4 N–H and O–H groups in total. The van der Waals surface area contributed by atoms with Crippen molar-refractivity contribution in [3.8, 4) is 22.8 Å². The van der Waals surface area contributed by atoms with E-state index in [-0.39, 0.29) is 24.8 Å². The highest BCUT2D eigenvalue weighted by Gasteiger charge is 2.15. The first-order chi connectivity index (χ1) is 16.9. The first-order valence-corrected chi connectivity index (χ1v) is 11.1. The van der Waals surface area contributed by atoms with Crippen LogP contribution in [0.1, 0.15) is 17.5 Å². The molecule has 0 saturated carbocycles. The molecule has 1 heterocycles. The van der Waals surface area contributed by atoms with Gasteiger partial charge in [-0.3, -0.25) is 9.59 Å². The number of nitrogens with one attached hydrogen (secondary N) is 2. The lowest BCUT2D eigenvalue weighted by atomic mass is 10.0. The maximum absolute atomic E-state index is 14.0. The Kier molecular flexibility index (Phi) is 7.30. The first kappa shape index (κ1) is 23.8. The molecule has 1 aromatic heterocycles. The molecule has 2 amide bonds. The van der Waals surface area contributed by atoms with Crippen molar-refractivity contribution in [2.45, 2.75) is 19.4 Å². The number of hydrogen-bond donors (Lipinski definition) is 3. The zero-order valence-corrected chi connectivity index (χ0v) is 19.3. The van der Waals surface area contributed by atoms with Crippen LogP contribution in [0.4, 0.5) is 4.39 Å². The highest BCUT2D eigenvalue weighted by Crippen LogP contribution is 2.32. The van der Waals surface area contributed by atoms with Crippen molar-refractivity contribution in [3.05, 3.63) is 83.7 Å². The fourth-order valence-electron chi connectivity index (χ4n) is 3.95. The van der Waals surface area contributed by atoms with Gasteiger partial charge in [0, 0.05) is 29.6 Å². The van der Waals surface area contributed by atoms with E-state index >= 15 is 0 Å². The molecule has 0 unspecified atom stereocenters. The third-order valence-corrected chi connectivity index (χ3v) is 5.62. The number of ether oxygens (including phenoxy) is 2. The Bertz CT molecular complexity index is 1350. The number of rotatable bonds is 10. The Morgan fingerprint density at radius 3 is 2.57 bits per heavy atom. The van der Waals surface area contributed by atoms with Gasteiger partial charge in [0.05, 0.1) is 7.11 Å². The van der Waals surface area contributed by atoms with E-state index in [1.807, 2.05) is 30.3 Å². The number of benzene rings is 3. The number of aromatic amines is 1. The van der Waals surface area contributed by atoms with E-state index in [1.54, 1.807) is 24.3 Å². The smallest absolute Gasteiger partial charge is 0.255 e. The number of primary amides is 1. The minimum atomic E-state index is -0.586. The number of fused-ring (bicyclic) bond motifs is 1. The van der Waals surface area contributed by atoms with Gasteiger partial charge in [-0.25, -0.2) is 4.39 Å². The fourth-order valence-corrected chi connectivity index (χ4v) is 3.95. The molecule has 3 aromatic carbocycles. The van der Waals surface area contributed by atoms with Crippen LogP contribution >= 0.6 is 0 Å². The van der Waals surface area contributed by atoms with Gasteiger partial charge in [0.15, 0.2) is 18.1 Å². The zero-order valence-electron chi connectivity index (χ0n) is 19.3. The SMILES string of the molecule is COc1cc(CNC(=O)CCc2c(-c3ccccc3)[nH]c3ccc(F)cc23)ccc1OCC(N)=O. The summed E-state index contributed by atoms with van der Waals surface area (Å²) in [5.41, 5.74) is 9.51. The molecule has 0 aliphatic heterocycles. The Morgan fingerprint density at radius 1 is 1.03 bits per heavy atom. The number of halogens is 1. The van der Waals surface area contributed by atoms with Gasteiger partial charge >= 0.3 is 0 Å². The van der Waals surface area contributed by atoms with E-state index in [9.17, 15) is 14.0 Å². The minimum Gasteiger partial charge on any atom is -0.493 e. The van der Waals surface area contributed by atoms with E-state index in [1.165, 1.54) is 19.2 Å². The van der Waals surface area contributed by atoms with Crippen LogP contribution in [-0.4, -0.2) is 30.5 Å². The predicted molar refractivity (Wildman–Crippen MR) is 132 cm³/mol. The van der Waals surface area contributed by atoms with Crippen LogP contribution in [-0.2, 0) is 22.6 Å². The third kappa shape index (κ3) is 5.78. The Balaban J connectivity index is 1.44. The number of aryl methyl sites for hydroxylation is 1. The van der Waals surface area contributed by atoms with Gasteiger partial charge < -0.3 is 25.5 Å². The maximum atomic E-state index is 14.0. The molecule has 0 radical (unpaired) electrons. The van der Waals surface area contributed by atoms with Gasteiger partial charge in [-0.15, -0.1) is 0 Å². The van der Waals surface area contributed by atoms with E-state index < -0.39 is 5.91 Å². The molecule has 0 aliphatic rings. The summed E-state index contributed by atoms with van der Waals surface area (Å²) in [4.78, 5) is 27.0. The van der Waals surface area contributed by atoms with Crippen LogP contribution in [0, 0.1) is 5.82 Å². The predicted octanol–water partition coefficient (Wildman–Crippen LogP) is 4.10. The standard InChI is InChI=1S/C27H26FN3O4/c1-34-24-13-17(7-11-23(24)35-16-25(29)32)15-30-26(33)12-9-20-21-14-19(28)8-10-22(21)31-27(20)18-5-3-2-4-6-18/h2-8,10-11,13-14,31H,9,12,15-16H2,1H3,(H2,29,32)(H,30,33). The highest BCUT2D eigenvalue weighted by atomic mass is 19.1. The summed E-state index contributed by atoms with van der Waals surface area (Å²) in [5.74, 6) is -0.216. The zero-order chi connectivity index (χ0) is 24.8. The van der Waals surface area contributed by atoms with Crippen LogP contribution in [0.5, 0.6) is 11.5 Å². The lowest BCUT2D eigenvalue weighted by Gasteiger charge is -2.12. The molecule has 8 heteroatoms. The van der Waals surface area contributed by atoms with Gasteiger partial charge in [-0.05, 0) is 53.4 Å². The number of methoxy groups -OCH3 is 1. The third-order valence-electron chi connectivity index (χ3n) is 5.62. The van der Waals surface area contributed by atoms with Crippen LogP contribution in [0.2, 0.25) is 0 Å². The number of H-pyrrole nitrogens is 1. The molecule has 0 fully saturated rings. The lowest BCUT2D eigenvalue weighted by molar-refractivity contribution is -0.121. The van der Waals surface area contributed by atoms with Crippen molar-refractivity contribution >= 4 is 22.7 Å². The summed E-state index contributed by atoms with van der Waals surface area (Å²) >= 11 is 0. The van der Waals surface area contributed by atoms with Gasteiger partial charge in [0.2, 0.25) is 5.91 Å². The van der Waals surface area contributed by atoms with Crippen molar-refractivity contribution in [3.63, 3.8) is 0 Å². The quantitative estimate of drug-likeness (QED) is 0.321. The number of aromatic nitrogens is 1. The molecule has 180 valence electrons. The molecule has 0 aliphatic carbocycles. The van der Waals surface area contributed by atoms with Crippen molar-refractivity contribution < 1.29 is 23.5 Å². The molecule has 0 spiro atoms. The average molecular weight is 476 g/mol. The molecule has 0 saturated heterocycles. The average Bonchev–Trinajstić information content (AvgIpc) is 3.23. The molecule has 0 bridgehead atoms. The number of amides is 2. The second-order valence-corrected chi connectivity index (χ2v) is 8.05. The van der Waals surface area contributed by atoms with Crippen LogP contribution in [0.25, 0.3) is 22.2 Å². The Labute approximate surface area is 202 Å². The Morgan fingerprint density at radius 2 is 1.83 bits per heavy atom. The topological polar surface area (TPSA) is 106 Å². The second-order valence-electron chi connectivity index (χ2n) is 8.05. The summed E-state index contributed by atoms with van der Waals surface area (Å²) < 4.78 is 24.6. The monoisotopic (exact) mass is 475 g/mol.